The Morgan fingerprint density at radius 2 is 2.05 bits per heavy atom. The topological polar surface area (TPSA) is 41.6 Å². The Morgan fingerprint density at radius 3 is 2.73 bits per heavy atom. The van der Waals surface area contributed by atoms with Crippen molar-refractivity contribution in [2.24, 2.45) is 5.41 Å². The molecule has 0 aliphatic rings. The monoisotopic (exact) mass is 287 g/mol. The van der Waals surface area contributed by atoms with Gasteiger partial charge in [-0.15, -0.1) is 0 Å². The summed E-state index contributed by atoms with van der Waals surface area (Å²) < 4.78 is 0. The molecule has 3 rings (SSSR count). The molecule has 2 aromatic heterocycles. The van der Waals surface area contributed by atoms with Crippen LogP contribution in [0.15, 0.2) is 43.2 Å². The predicted molar refractivity (Wildman–Crippen MR) is 93.2 cm³/mol. The fraction of sp³-hybridized carbons (Fsp3) is 0.222. The van der Waals surface area contributed by atoms with Crippen LogP contribution in [0.5, 0.6) is 0 Å². The molecule has 1 N–H and O–H groups in total. The normalized spacial score (nSPS) is 11.8. The van der Waals surface area contributed by atoms with Crippen molar-refractivity contribution in [3.8, 4) is 11.3 Å². The van der Waals surface area contributed by atoms with Crippen molar-refractivity contribution in [1.82, 2.24) is 15.0 Å². The highest BCUT2D eigenvalue weighted by molar-refractivity contribution is 6.32. The first-order valence-corrected chi connectivity index (χ1v) is 7.26. The standard InChI is InChI=1S/C18H18BN3/c1-11(18(2,3)4)14-9-20-17-16(14)22-15(10-21-17)12-6-5-7-13(19)8-12/h5-10H,1H2,2-4H3,(H,20,21). The van der Waals surface area contributed by atoms with Gasteiger partial charge in [-0.25, -0.2) is 9.97 Å². The van der Waals surface area contributed by atoms with Crippen molar-refractivity contribution in [1.29, 1.82) is 0 Å². The van der Waals surface area contributed by atoms with Gasteiger partial charge in [0.05, 0.1) is 11.9 Å². The molecule has 3 aromatic rings. The van der Waals surface area contributed by atoms with Crippen molar-refractivity contribution in [3.05, 3.63) is 48.8 Å². The zero-order valence-corrected chi connectivity index (χ0v) is 13.1. The summed E-state index contributed by atoms with van der Waals surface area (Å²) in [7, 11) is 5.86. The molecule has 0 spiro atoms. The van der Waals surface area contributed by atoms with Crippen LogP contribution in [-0.2, 0) is 0 Å². The van der Waals surface area contributed by atoms with Crippen LogP contribution in [0, 0.1) is 5.41 Å². The molecule has 0 fully saturated rings. The molecule has 0 saturated carbocycles. The first-order chi connectivity index (χ1) is 10.4. The summed E-state index contributed by atoms with van der Waals surface area (Å²) in [6.45, 7) is 10.7. The minimum absolute atomic E-state index is 0.0238. The quantitative estimate of drug-likeness (QED) is 0.733. The van der Waals surface area contributed by atoms with E-state index >= 15 is 0 Å². The number of hydrogen-bond donors (Lipinski definition) is 1. The van der Waals surface area contributed by atoms with E-state index in [0.717, 1.165) is 33.6 Å². The Bertz CT molecular complexity index is 856. The van der Waals surface area contributed by atoms with E-state index in [9.17, 15) is 0 Å². The number of fused-ring (bicyclic) bond motifs is 1. The van der Waals surface area contributed by atoms with E-state index in [-0.39, 0.29) is 5.41 Å². The smallest absolute Gasteiger partial charge is 0.156 e. The second-order valence-electron chi connectivity index (χ2n) is 6.51. The number of benzene rings is 1. The van der Waals surface area contributed by atoms with E-state index < -0.39 is 0 Å². The first-order valence-electron chi connectivity index (χ1n) is 7.26. The average Bonchev–Trinajstić information content (AvgIpc) is 2.88. The summed E-state index contributed by atoms with van der Waals surface area (Å²) in [5, 5.41) is 0. The number of allylic oxidation sites excluding steroid dienone is 1. The number of rotatable bonds is 2. The zero-order valence-electron chi connectivity index (χ0n) is 13.1. The molecular formula is C18H18BN3. The van der Waals surface area contributed by atoms with Gasteiger partial charge in [-0.3, -0.25) is 0 Å². The highest BCUT2D eigenvalue weighted by atomic mass is 14.9. The second kappa shape index (κ2) is 5.13. The van der Waals surface area contributed by atoms with Crippen LogP contribution in [0.3, 0.4) is 0 Å². The minimum atomic E-state index is -0.0238. The van der Waals surface area contributed by atoms with Crippen molar-refractivity contribution in [2.75, 3.05) is 0 Å². The van der Waals surface area contributed by atoms with Crippen LogP contribution in [0.25, 0.3) is 28.0 Å². The van der Waals surface area contributed by atoms with E-state index in [1.54, 1.807) is 6.20 Å². The van der Waals surface area contributed by atoms with Crippen LogP contribution in [0.1, 0.15) is 26.3 Å². The third-order valence-electron chi connectivity index (χ3n) is 3.79. The molecule has 0 atom stereocenters. The van der Waals surface area contributed by atoms with Gasteiger partial charge in [-0.1, -0.05) is 57.1 Å². The number of nitrogens with one attached hydrogen (secondary N) is 1. The Kier molecular flexibility index (Phi) is 3.40. The van der Waals surface area contributed by atoms with Gasteiger partial charge < -0.3 is 4.98 Å². The van der Waals surface area contributed by atoms with Gasteiger partial charge in [0.1, 0.15) is 13.4 Å². The minimum Gasteiger partial charge on any atom is -0.344 e. The highest BCUT2D eigenvalue weighted by Gasteiger charge is 2.20. The van der Waals surface area contributed by atoms with Crippen LogP contribution >= 0.6 is 0 Å². The third-order valence-corrected chi connectivity index (χ3v) is 3.79. The molecular weight excluding hydrogens is 269 g/mol. The van der Waals surface area contributed by atoms with Crippen LogP contribution in [0.2, 0.25) is 0 Å². The lowest BCUT2D eigenvalue weighted by Crippen LogP contribution is -2.07. The molecule has 0 aliphatic heterocycles. The lowest BCUT2D eigenvalue weighted by molar-refractivity contribution is 0.568. The van der Waals surface area contributed by atoms with E-state index in [2.05, 4.69) is 37.3 Å². The van der Waals surface area contributed by atoms with Gasteiger partial charge in [0.15, 0.2) is 5.65 Å². The maximum absolute atomic E-state index is 5.86. The SMILES string of the molecule is [B]c1cccc(-c2cnc3[nH]cc(C(=C)C(C)(C)C)c3n2)c1. The highest BCUT2D eigenvalue weighted by Crippen LogP contribution is 2.35. The lowest BCUT2D eigenvalue weighted by atomic mass is 9.84. The number of H-pyrrole nitrogens is 1. The van der Waals surface area contributed by atoms with E-state index in [1.807, 2.05) is 30.5 Å². The number of aromatic amines is 1. The number of aromatic nitrogens is 3. The predicted octanol–water partition coefficient (Wildman–Crippen LogP) is 3.48. The summed E-state index contributed by atoms with van der Waals surface area (Å²) in [5.41, 5.74) is 6.13. The van der Waals surface area contributed by atoms with Crippen molar-refractivity contribution < 1.29 is 0 Å². The molecule has 0 aliphatic carbocycles. The molecule has 2 heterocycles. The molecule has 22 heavy (non-hydrogen) atoms. The molecule has 1 aromatic carbocycles. The van der Waals surface area contributed by atoms with E-state index in [4.69, 9.17) is 12.8 Å². The molecule has 0 amide bonds. The largest absolute Gasteiger partial charge is 0.344 e. The Balaban J connectivity index is 2.15. The van der Waals surface area contributed by atoms with Crippen LogP contribution < -0.4 is 5.46 Å². The third kappa shape index (κ3) is 2.57. The van der Waals surface area contributed by atoms with Gasteiger partial charge in [0.25, 0.3) is 0 Å². The van der Waals surface area contributed by atoms with Gasteiger partial charge in [0, 0.05) is 17.3 Å². The van der Waals surface area contributed by atoms with Crippen molar-refractivity contribution in [2.45, 2.75) is 20.8 Å². The maximum atomic E-state index is 5.86. The molecule has 2 radical (unpaired) electrons. The second-order valence-corrected chi connectivity index (χ2v) is 6.51. The molecule has 0 saturated heterocycles. The van der Waals surface area contributed by atoms with Gasteiger partial charge >= 0.3 is 0 Å². The zero-order chi connectivity index (χ0) is 15.9. The van der Waals surface area contributed by atoms with Gasteiger partial charge in [-0.05, 0) is 11.0 Å². The fourth-order valence-electron chi connectivity index (χ4n) is 2.36. The molecule has 108 valence electrons. The summed E-state index contributed by atoms with van der Waals surface area (Å²) in [6, 6.07) is 7.67. The summed E-state index contributed by atoms with van der Waals surface area (Å²) >= 11 is 0. The molecule has 4 heteroatoms. The summed E-state index contributed by atoms with van der Waals surface area (Å²) in [4.78, 5) is 12.4. The lowest BCUT2D eigenvalue weighted by Gasteiger charge is -2.21. The molecule has 0 unspecified atom stereocenters. The Morgan fingerprint density at radius 1 is 1.27 bits per heavy atom. The summed E-state index contributed by atoms with van der Waals surface area (Å²) in [6.07, 6.45) is 3.69. The Hall–Kier alpha value is -2.36. The fourth-order valence-corrected chi connectivity index (χ4v) is 2.36. The molecule has 3 nitrogen and oxygen atoms in total. The van der Waals surface area contributed by atoms with E-state index in [1.165, 1.54) is 0 Å². The summed E-state index contributed by atoms with van der Waals surface area (Å²) in [5.74, 6) is 0. The van der Waals surface area contributed by atoms with Crippen molar-refractivity contribution >= 4 is 30.0 Å². The van der Waals surface area contributed by atoms with Gasteiger partial charge in [-0.2, -0.15) is 0 Å². The van der Waals surface area contributed by atoms with Crippen LogP contribution in [-0.4, -0.2) is 22.8 Å². The number of hydrogen-bond acceptors (Lipinski definition) is 2. The van der Waals surface area contributed by atoms with Gasteiger partial charge in [0.2, 0.25) is 0 Å². The average molecular weight is 287 g/mol. The molecule has 0 bridgehead atoms. The first kappa shape index (κ1) is 14.6. The number of nitrogens with zero attached hydrogens (tertiary/aromatic N) is 2. The van der Waals surface area contributed by atoms with Crippen LogP contribution in [0.4, 0.5) is 0 Å². The van der Waals surface area contributed by atoms with Crippen molar-refractivity contribution in [3.63, 3.8) is 0 Å². The van der Waals surface area contributed by atoms with E-state index in [0.29, 0.717) is 5.46 Å². The maximum Gasteiger partial charge on any atom is 0.156 e. The Labute approximate surface area is 131 Å².